The maximum Gasteiger partial charge on any atom is 0.0642 e. The van der Waals surface area contributed by atoms with Crippen LogP contribution in [0.15, 0.2) is 243 Å². The molecule has 0 radical (unpaired) electrons. The molecule has 0 saturated carbocycles. The quantitative estimate of drug-likeness (QED) is 0.159. The number of aromatic nitrogens is 2. The molecule has 0 spiro atoms. The Morgan fingerprint density at radius 1 is 0.258 bits per heavy atom. The molecule has 4 nitrogen and oxygen atoms in total. The molecule has 0 N–H and O–H groups in total. The lowest BCUT2D eigenvalue weighted by molar-refractivity contribution is 1.19. The second-order valence-corrected chi connectivity index (χ2v) is 17.4. The monoisotopic (exact) mass is 840 g/mol. The summed E-state index contributed by atoms with van der Waals surface area (Å²) in [7, 11) is 0. The van der Waals surface area contributed by atoms with E-state index in [1.54, 1.807) is 0 Å². The number of fused-ring (bicyclic) bond motifs is 12. The van der Waals surface area contributed by atoms with E-state index >= 15 is 0 Å². The van der Waals surface area contributed by atoms with Crippen LogP contribution >= 0.6 is 0 Å². The van der Waals surface area contributed by atoms with E-state index in [0.29, 0.717) is 0 Å². The maximum atomic E-state index is 2.57. The third-order valence-electron chi connectivity index (χ3n) is 13.7. The van der Waals surface area contributed by atoms with E-state index < -0.39 is 0 Å². The number of hydrogen-bond donors (Lipinski definition) is 0. The van der Waals surface area contributed by atoms with E-state index in [1.807, 2.05) is 0 Å². The molecule has 11 aromatic carbocycles. The van der Waals surface area contributed by atoms with Crippen LogP contribution in [0.25, 0.3) is 87.1 Å². The van der Waals surface area contributed by atoms with Gasteiger partial charge in [-0.25, -0.2) is 0 Å². The SMILES string of the molecule is c1ccc(N(c2ccccc2)c2ccc3cc4c5cc6c7ccccc7n(-c7ccccc7)c6c6c7cc8ccc(N(c9ccccc9)c9ccccc9)cc8cc7n(c4cc3c2)c56)cc1. The second kappa shape index (κ2) is 14.3. The van der Waals surface area contributed by atoms with Crippen LogP contribution in [0.1, 0.15) is 0 Å². The predicted molar refractivity (Wildman–Crippen MR) is 280 cm³/mol. The van der Waals surface area contributed by atoms with Crippen molar-refractivity contribution < 1.29 is 0 Å². The summed E-state index contributed by atoms with van der Waals surface area (Å²) in [5, 5.41) is 12.4. The van der Waals surface area contributed by atoms with Crippen molar-refractivity contribution in [1.29, 1.82) is 0 Å². The van der Waals surface area contributed by atoms with Gasteiger partial charge >= 0.3 is 0 Å². The van der Waals surface area contributed by atoms with E-state index in [4.69, 9.17) is 0 Å². The highest BCUT2D eigenvalue weighted by Gasteiger charge is 2.26. The second-order valence-electron chi connectivity index (χ2n) is 17.4. The van der Waals surface area contributed by atoms with Crippen LogP contribution in [0.2, 0.25) is 0 Å². The topological polar surface area (TPSA) is 15.8 Å². The summed E-state index contributed by atoms with van der Waals surface area (Å²) in [5.41, 5.74) is 14.0. The average Bonchev–Trinajstić information content (AvgIpc) is 4.00. The summed E-state index contributed by atoms with van der Waals surface area (Å²) in [4.78, 5) is 4.70. The number of nitrogens with zero attached hydrogens (tertiary/aromatic N) is 4. The van der Waals surface area contributed by atoms with Crippen LogP contribution in [0, 0.1) is 0 Å². The van der Waals surface area contributed by atoms with Crippen molar-refractivity contribution in [3.05, 3.63) is 243 Å². The molecule has 0 aliphatic rings. The van der Waals surface area contributed by atoms with Gasteiger partial charge in [-0.3, -0.25) is 0 Å². The number of benzene rings is 11. The fourth-order valence-corrected chi connectivity index (χ4v) is 10.8. The summed E-state index contributed by atoms with van der Waals surface area (Å²) >= 11 is 0. The lowest BCUT2D eigenvalue weighted by atomic mass is 9.99. The minimum atomic E-state index is 1.12. The third-order valence-corrected chi connectivity index (χ3v) is 13.7. The smallest absolute Gasteiger partial charge is 0.0642 e. The Morgan fingerprint density at radius 3 is 1.23 bits per heavy atom. The molecular formula is C62H40N4. The van der Waals surface area contributed by atoms with E-state index in [0.717, 1.165) is 39.8 Å². The third kappa shape index (κ3) is 5.45. The van der Waals surface area contributed by atoms with Crippen molar-refractivity contribution in [2.45, 2.75) is 0 Å². The van der Waals surface area contributed by atoms with Crippen LogP contribution in [-0.4, -0.2) is 8.97 Å². The van der Waals surface area contributed by atoms with Crippen molar-refractivity contribution in [3.8, 4) is 5.69 Å². The van der Waals surface area contributed by atoms with Gasteiger partial charge in [-0.05, 0) is 143 Å². The van der Waals surface area contributed by atoms with E-state index in [9.17, 15) is 0 Å². The van der Waals surface area contributed by atoms with Gasteiger partial charge < -0.3 is 18.8 Å². The highest BCUT2D eigenvalue weighted by molar-refractivity contribution is 6.35. The number of para-hydroxylation sites is 6. The first-order chi connectivity index (χ1) is 32.7. The van der Waals surface area contributed by atoms with Crippen LogP contribution < -0.4 is 9.80 Å². The van der Waals surface area contributed by atoms with Crippen molar-refractivity contribution in [2.75, 3.05) is 9.80 Å². The Labute approximate surface area is 381 Å². The molecule has 0 amide bonds. The molecule has 14 aromatic rings. The van der Waals surface area contributed by atoms with Crippen LogP contribution in [0.4, 0.5) is 34.1 Å². The molecule has 0 unspecified atom stereocenters. The van der Waals surface area contributed by atoms with Gasteiger partial charge in [0.05, 0.1) is 27.6 Å². The van der Waals surface area contributed by atoms with Crippen LogP contribution in [0.5, 0.6) is 0 Å². The van der Waals surface area contributed by atoms with Crippen molar-refractivity contribution in [1.82, 2.24) is 8.97 Å². The van der Waals surface area contributed by atoms with E-state index in [1.165, 1.54) is 81.4 Å². The zero-order chi connectivity index (χ0) is 43.3. The first kappa shape index (κ1) is 36.6. The van der Waals surface area contributed by atoms with Crippen LogP contribution in [-0.2, 0) is 0 Å². The van der Waals surface area contributed by atoms with Gasteiger partial charge in [0.1, 0.15) is 0 Å². The van der Waals surface area contributed by atoms with Gasteiger partial charge in [0.2, 0.25) is 0 Å². The van der Waals surface area contributed by atoms with E-state index in [2.05, 4.69) is 261 Å². The van der Waals surface area contributed by atoms with E-state index in [-0.39, 0.29) is 0 Å². The Bertz CT molecular complexity index is 4060. The average molecular weight is 841 g/mol. The first-order valence-corrected chi connectivity index (χ1v) is 22.7. The normalized spacial score (nSPS) is 11.9. The fourth-order valence-electron chi connectivity index (χ4n) is 10.8. The zero-order valence-electron chi connectivity index (χ0n) is 35.9. The highest BCUT2D eigenvalue weighted by atomic mass is 15.1. The molecule has 0 saturated heterocycles. The Balaban J connectivity index is 1.09. The maximum absolute atomic E-state index is 2.57. The predicted octanol–water partition coefficient (Wildman–Crippen LogP) is 17.2. The minimum absolute atomic E-state index is 1.12. The molecule has 3 heterocycles. The molecule has 66 heavy (non-hydrogen) atoms. The van der Waals surface area contributed by atoms with Crippen LogP contribution in [0.3, 0.4) is 0 Å². The van der Waals surface area contributed by atoms with Crippen molar-refractivity contribution >= 4 is 116 Å². The fraction of sp³-hybridized carbons (Fsp3) is 0. The van der Waals surface area contributed by atoms with Gasteiger partial charge in [0, 0.05) is 72.1 Å². The van der Waals surface area contributed by atoms with Gasteiger partial charge in [0.15, 0.2) is 0 Å². The summed E-state index contributed by atoms with van der Waals surface area (Å²) in [6.07, 6.45) is 0. The molecule has 0 atom stereocenters. The molecule has 14 rings (SSSR count). The Kier molecular flexibility index (Phi) is 7.95. The molecule has 0 fully saturated rings. The standard InChI is InChI=1S/C62H40N4/c1-6-18-45(19-7-1)63(46-20-8-2-9-21-46)50-32-30-41-36-53-55-40-54-52-28-16-17-29-57(52)65(49-26-14-5-15-27-49)61(54)60-56-37-42-31-33-51(64(47-22-10-3-11-23-47)48-24-12-4-13-25-48)35-44(42)39-59(56)66(62(55)60)58(53)38-43(41)34-50/h1-40H. The summed E-state index contributed by atoms with van der Waals surface area (Å²) in [6, 6.07) is 88.6. The Morgan fingerprint density at radius 2 is 0.697 bits per heavy atom. The minimum Gasteiger partial charge on any atom is -0.310 e. The molecule has 3 aromatic heterocycles. The summed E-state index contributed by atoms with van der Waals surface area (Å²) in [6.45, 7) is 0. The number of hydrogen-bond acceptors (Lipinski definition) is 2. The van der Waals surface area contributed by atoms with Crippen molar-refractivity contribution in [2.24, 2.45) is 0 Å². The summed E-state index contributed by atoms with van der Waals surface area (Å²) in [5.74, 6) is 0. The van der Waals surface area contributed by atoms with Gasteiger partial charge in [-0.2, -0.15) is 0 Å². The molecule has 308 valence electrons. The summed E-state index contributed by atoms with van der Waals surface area (Å²) < 4.78 is 5.06. The Hall–Kier alpha value is -8.86. The number of anilines is 6. The highest BCUT2D eigenvalue weighted by Crippen LogP contribution is 2.49. The zero-order valence-corrected chi connectivity index (χ0v) is 35.9. The van der Waals surface area contributed by atoms with Crippen molar-refractivity contribution in [3.63, 3.8) is 0 Å². The van der Waals surface area contributed by atoms with Gasteiger partial charge in [-0.15, -0.1) is 0 Å². The van der Waals surface area contributed by atoms with Gasteiger partial charge in [0.25, 0.3) is 0 Å². The number of rotatable bonds is 7. The lowest BCUT2D eigenvalue weighted by Crippen LogP contribution is -2.09. The lowest BCUT2D eigenvalue weighted by Gasteiger charge is -2.25. The molecule has 0 aliphatic heterocycles. The van der Waals surface area contributed by atoms with Gasteiger partial charge in [-0.1, -0.05) is 121 Å². The molecule has 0 aliphatic carbocycles. The molecular weight excluding hydrogens is 801 g/mol. The largest absolute Gasteiger partial charge is 0.310 e. The molecule has 4 heteroatoms. The first-order valence-electron chi connectivity index (χ1n) is 22.7. The molecule has 0 bridgehead atoms.